The quantitative estimate of drug-likeness (QED) is 0.840. The average Bonchev–Trinajstić information content (AvgIpc) is 2.80. The Hall–Kier alpha value is -1.93. The molecule has 1 heterocycles. The molecule has 2 aromatic rings. The number of hydrogen-bond acceptors (Lipinski definition) is 5. The zero-order valence-electron chi connectivity index (χ0n) is 11.8. The Morgan fingerprint density at radius 1 is 1.27 bits per heavy atom. The van der Waals surface area contributed by atoms with E-state index in [1.165, 1.54) is 11.3 Å². The fourth-order valence-electron chi connectivity index (χ4n) is 1.94. The standard InChI is InChI=1S/C14H15NO5S2/c1-22(19,20)6-2-3-13(16)15-10-4-5-11-9(7-10)8-12(21-11)14(17)18/h4-5,7-8H,2-3,6H2,1H3,(H,15,16)(H,17,18). The molecule has 2 rings (SSSR count). The molecule has 0 radical (unpaired) electrons. The van der Waals surface area contributed by atoms with Gasteiger partial charge in [0.25, 0.3) is 0 Å². The number of carbonyl (C=O) groups excluding carboxylic acids is 1. The maximum Gasteiger partial charge on any atom is 0.345 e. The highest BCUT2D eigenvalue weighted by atomic mass is 32.2. The van der Waals surface area contributed by atoms with Gasteiger partial charge in [0.15, 0.2) is 0 Å². The van der Waals surface area contributed by atoms with Crippen molar-refractivity contribution in [3.8, 4) is 0 Å². The number of aromatic carboxylic acids is 1. The highest BCUT2D eigenvalue weighted by molar-refractivity contribution is 7.90. The van der Waals surface area contributed by atoms with Crippen molar-refractivity contribution in [2.75, 3.05) is 17.3 Å². The average molecular weight is 341 g/mol. The summed E-state index contributed by atoms with van der Waals surface area (Å²) in [7, 11) is -3.06. The number of hydrogen-bond donors (Lipinski definition) is 2. The second-order valence-corrected chi connectivity index (χ2v) is 8.29. The van der Waals surface area contributed by atoms with Crippen LogP contribution in [0.1, 0.15) is 22.5 Å². The number of fused-ring (bicyclic) bond motifs is 1. The third kappa shape index (κ3) is 4.54. The van der Waals surface area contributed by atoms with Gasteiger partial charge in [-0.3, -0.25) is 4.79 Å². The van der Waals surface area contributed by atoms with Gasteiger partial charge in [0, 0.05) is 23.1 Å². The van der Waals surface area contributed by atoms with E-state index in [9.17, 15) is 18.0 Å². The van der Waals surface area contributed by atoms with Crippen molar-refractivity contribution in [1.82, 2.24) is 0 Å². The van der Waals surface area contributed by atoms with Crippen LogP contribution in [-0.2, 0) is 14.6 Å². The number of carboxylic acids is 1. The van der Waals surface area contributed by atoms with Crippen molar-refractivity contribution in [3.63, 3.8) is 0 Å². The lowest BCUT2D eigenvalue weighted by Gasteiger charge is -2.05. The predicted molar refractivity (Wildman–Crippen MR) is 86.4 cm³/mol. The molecule has 0 saturated carbocycles. The number of rotatable bonds is 6. The van der Waals surface area contributed by atoms with E-state index in [-0.39, 0.29) is 29.4 Å². The van der Waals surface area contributed by atoms with Crippen molar-refractivity contribution in [3.05, 3.63) is 29.1 Å². The first kappa shape index (κ1) is 16.4. The van der Waals surface area contributed by atoms with Crippen LogP contribution in [0.25, 0.3) is 10.1 Å². The van der Waals surface area contributed by atoms with E-state index in [4.69, 9.17) is 5.11 Å². The molecular weight excluding hydrogens is 326 g/mol. The van der Waals surface area contributed by atoms with E-state index >= 15 is 0 Å². The monoisotopic (exact) mass is 341 g/mol. The zero-order chi connectivity index (χ0) is 16.3. The van der Waals surface area contributed by atoms with Crippen LogP contribution in [0.4, 0.5) is 5.69 Å². The minimum atomic E-state index is -3.06. The normalized spacial score (nSPS) is 11.5. The number of carboxylic acid groups (broad SMARTS) is 1. The molecule has 0 atom stereocenters. The first-order valence-electron chi connectivity index (χ1n) is 6.49. The molecule has 0 aliphatic carbocycles. The van der Waals surface area contributed by atoms with Crippen LogP contribution in [0.5, 0.6) is 0 Å². The maximum absolute atomic E-state index is 11.8. The van der Waals surface area contributed by atoms with E-state index in [0.717, 1.165) is 16.3 Å². The lowest BCUT2D eigenvalue weighted by molar-refractivity contribution is -0.116. The minimum Gasteiger partial charge on any atom is -0.477 e. The Labute approximate surface area is 131 Å². The molecule has 1 aromatic carbocycles. The summed E-state index contributed by atoms with van der Waals surface area (Å²) < 4.78 is 22.8. The summed E-state index contributed by atoms with van der Waals surface area (Å²) in [6.07, 6.45) is 1.53. The van der Waals surface area contributed by atoms with E-state index in [0.29, 0.717) is 5.69 Å². The first-order chi connectivity index (χ1) is 10.2. The summed E-state index contributed by atoms with van der Waals surface area (Å²) in [5.41, 5.74) is 0.562. The van der Waals surface area contributed by atoms with Crippen LogP contribution in [-0.4, -0.2) is 37.4 Å². The van der Waals surface area contributed by atoms with Crippen LogP contribution < -0.4 is 5.32 Å². The Morgan fingerprint density at radius 3 is 2.64 bits per heavy atom. The van der Waals surface area contributed by atoms with E-state index in [1.54, 1.807) is 24.3 Å². The summed E-state index contributed by atoms with van der Waals surface area (Å²) in [6.45, 7) is 0. The molecule has 118 valence electrons. The second-order valence-electron chi connectivity index (χ2n) is 4.95. The van der Waals surface area contributed by atoms with Gasteiger partial charge in [-0.1, -0.05) is 0 Å². The van der Waals surface area contributed by atoms with Crippen molar-refractivity contribution in [2.45, 2.75) is 12.8 Å². The fraction of sp³-hybridized carbons (Fsp3) is 0.286. The van der Waals surface area contributed by atoms with E-state index < -0.39 is 15.8 Å². The molecule has 0 saturated heterocycles. The Morgan fingerprint density at radius 2 is 2.00 bits per heavy atom. The molecule has 2 N–H and O–H groups in total. The first-order valence-corrected chi connectivity index (χ1v) is 9.37. The molecule has 1 amide bonds. The lowest BCUT2D eigenvalue weighted by atomic mass is 10.2. The summed E-state index contributed by atoms with van der Waals surface area (Å²) in [6, 6.07) is 6.70. The molecule has 6 nitrogen and oxygen atoms in total. The molecule has 8 heteroatoms. The van der Waals surface area contributed by atoms with Gasteiger partial charge in [-0.15, -0.1) is 11.3 Å². The fourth-order valence-corrected chi connectivity index (χ4v) is 3.50. The number of amides is 1. The van der Waals surface area contributed by atoms with Crippen LogP contribution in [0.15, 0.2) is 24.3 Å². The van der Waals surface area contributed by atoms with Gasteiger partial charge in [-0.2, -0.15) is 0 Å². The number of anilines is 1. The molecule has 0 bridgehead atoms. The smallest absolute Gasteiger partial charge is 0.345 e. The van der Waals surface area contributed by atoms with Gasteiger partial charge in [0.2, 0.25) is 5.91 Å². The molecule has 0 unspecified atom stereocenters. The van der Waals surface area contributed by atoms with Crippen LogP contribution in [0.3, 0.4) is 0 Å². The molecular formula is C14H15NO5S2. The number of thiophene rings is 1. The van der Waals surface area contributed by atoms with Gasteiger partial charge < -0.3 is 10.4 Å². The van der Waals surface area contributed by atoms with E-state index in [1.807, 2.05) is 0 Å². The molecule has 0 aliphatic heterocycles. The Balaban J connectivity index is 2.02. The van der Waals surface area contributed by atoms with Crippen molar-refractivity contribution < 1.29 is 23.1 Å². The number of benzene rings is 1. The summed E-state index contributed by atoms with van der Waals surface area (Å²) in [4.78, 5) is 22.9. The van der Waals surface area contributed by atoms with Gasteiger partial charge in [-0.25, -0.2) is 13.2 Å². The number of nitrogens with one attached hydrogen (secondary N) is 1. The van der Waals surface area contributed by atoms with Crippen molar-refractivity contribution in [2.24, 2.45) is 0 Å². The van der Waals surface area contributed by atoms with Crippen LogP contribution in [0, 0.1) is 0 Å². The van der Waals surface area contributed by atoms with Gasteiger partial charge in [-0.05, 0) is 36.1 Å². The highest BCUT2D eigenvalue weighted by Gasteiger charge is 2.10. The van der Waals surface area contributed by atoms with E-state index in [2.05, 4.69) is 5.32 Å². The lowest BCUT2D eigenvalue weighted by Crippen LogP contribution is -2.13. The van der Waals surface area contributed by atoms with Gasteiger partial charge >= 0.3 is 5.97 Å². The minimum absolute atomic E-state index is 0.0219. The Kier molecular flexibility index (Phi) is 4.82. The summed E-state index contributed by atoms with van der Waals surface area (Å²) in [5.74, 6) is -1.27. The zero-order valence-corrected chi connectivity index (χ0v) is 13.5. The summed E-state index contributed by atoms with van der Waals surface area (Å²) >= 11 is 1.17. The molecule has 0 aliphatic rings. The number of sulfone groups is 1. The van der Waals surface area contributed by atoms with Crippen molar-refractivity contribution >= 4 is 48.8 Å². The highest BCUT2D eigenvalue weighted by Crippen LogP contribution is 2.28. The topological polar surface area (TPSA) is 101 Å². The van der Waals surface area contributed by atoms with Crippen LogP contribution in [0.2, 0.25) is 0 Å². The third-order valence-electron chi connectivity index (χ3n) is 2.93. The van der Waals surface area contributed by atoms with Crippen LogP contribution >= 0.6 is 11.3 Å². The van der Waals surface area contributed by atoms with Gasteiger partial charge in [0.1, 0.15) is 14.7 Å². The summed E-state index contributed by atoms with van der Waals surface area (Å²) in [5, 5.41) is 12.4. The SMILES string of the molecule is CS(=O)(=O)CCCC(=O)Nc1ccc2sc(C(=O)O)cc2c1. The second kappa shape index (κ2) is 6.45. The molecule has 1 aromatic heterocycles. The molecule has 0 fully saturated rings. The largest absolute Gasteiger partial charge is 0.477 e. The van der Waals surface area contributed by atoms with Crippen molar-refractivity contribution in [1.29, 1.82) is 0 Å². The Bertz CT molecular complexity index is 823. The third-order valence-corrected chi connectivity index (χ3v) is 5.06. The number of carbonyl (C=O) groups is 2. The molecule has 0 spiro atoms. The van der Waals surface area contributed by atoms with Gasteiger partial charge in [0.05, 0.1) is 5.75 Å². The maximum atomic E-state index is 11.8. The molecule has 22 heavy (non-hydrogen) atoms. The predicted octanol–water partition coefficient (Wildman–Crippen LogP) is 2.36.